The van der Waals surface area contributed by atoms with Crippen LogP contribution < -0.4 is 15.4 Å². The first-order chi connectivity index (χ1) is 10.6. The molecule has 22 heavy (non-hydrogen) atoms. The van der Waals surface area contributed by atoms with E-state index in [1.54, 1.807) is 29.2 Å². The molecule has 0 atom stereocenters. The van der Waals surface area contributed by atoms with E-state index >= 15 is 0 Å². The van der Waals surface area contributed by atoms with Crippen molar-refractivity contribution in [2.24, 2.45) is 0 Å². The summed E-state index contributed by atoms with van der Waals surface area (Å²) in [5.74, 6) is 1.43. The number of nitrogens with two attached hydrogens (primary N) is 1. The van der Waals surface area contributed by atoms with Gasteiger partial charge in [0.25, 0.3) is 0 Å². The van der Waals surface area contributed by atoms with E-state index in [1.165, 1.54) is 6.20 Å². The molecule has 0 fully saturated rings. The quantitative estimate of drug-likeness (QED) is 0.705. The highest BCUT2D eigenvalue weighted by atomic mass is 35.5. The molecule has 0 spiro atoms. The number of hydrogen-bond acceptors (Lipinski definition) is 7. The summed E-state index contributed by atoms with van der Waals surface area (Å²) in [4.78, 5) is 9.73. The third kappa shape index (κ3) is 4.20. The van der Waals surface area contributed by atoms with Gasteiger partial charge in [0.2, 0.25) is 5.95 Å². The zero-order valence-corrected chi connectivity index (χ0v) is 12.6. The monoisotopic (exact) mass is 324 g/mol. The van der Waals surface area contributed by atoms with Crippen LogP contribution in [-0.4, -0.2) is 46.5 Å². The van der Waals surface area contributed by atoms with Crippen LogP contribution in [0.2, 0.25) is 5.02 Å². The van der Waals surface area contributed by atoms with Gasteiger partial charge in [0, 0.05) is 18.1 Å². The highest BCUT2D eigenvalue weighted by molar-refractivity contribution is 6.30. The standard InChI is InChI=1S/C14H17ClN4O3/c15-10-1-3-11(4-2-10)22-12-9-17-14(16)18-13(12)19(5-7-20)6-8-21/h1-4,9,20-21H,5-8H2,(H2,16,17,18). The van der Waals surface area contributed by atoms with Crippen molar-refractivity contribution in [2.75, 3.05) is 36.9 Å². The van der Waals surface area contributed by atoms with Gasteiger partial charge in [-0.05, 0) is 24.3 Å². The Kier molecular flexibility index (Phi) is 5.76. The summed E-state index contributed by atoms with van der Waals surface area (Å²) in [5, 5.41) is 18.9. The largest absolute Gasteiger partial charge is 0.452 e. The number of aliphatic hydroxyl groups is 2. The number of halogens is 1. The van der Waals surface area contributed by atoms with Crippen molar-refractivity contribution >= 4 is 23.4 Å². The molecule has 0 aliphatic heterocycles. The summed E-state index contributed by atoms with van der Waals surface area (Å²) >= 11 is 5.84. The molecule has 0 radical (unpaired) electrons. The van der Waals surface area contributed by atoms with Crippen LogP contribution in [0.4, 0.5) is 11.8 Å². The van der Waals surface area contributed by atoms with E-state index in [-0.39, 0.29) is 32.3 Å². The van der Waals surface area contributed by atoms with E-state index in [2.05, 4.69) is 9.97 Å². The molecular formula is C14H17ClN4O3. The normalized spacial score (nSPS) is 10.5. The third-order valence-electron chi connectivity index (χ3n) is 2.84. The molecule has 2 aromatic rings. The van der Waals surface area contributed by atoms with Crippen molar-refractivity contribution in [3.63, 3.8) is 0 Å². The molecule has 0 aliphatic rings. The van der Waals surface area contributed by atoms with Crippen LogP contribution in [0.3, 0.4) is 0 Å². The summed E-state index contributed by atoms with van der Waals surface area (Å²) in [5.41, 5.74) is 5.62. The molecule has 2 rings (SSSR count). The fraction of sp³-hybridized carbons (Fsp3) is 0.286. The Hall–Kier alpha value is -2.09. The highest BCUT2D eigenvalue weighted by Crippen LogP contribution is 2.30. The molecule has 0 saturated heterocycles. The van der Waals surface area contributed by atoms with Crippen molar-refractivity contribution < 1.29 is 14.9 Å². The van der Waals surface area contributed by atoms with Crippen molar-refractivity contribution in [3.05, 3.63) is 35.5 Å². The van der Waals surface area contributed by atoms with Crippen LogP contribution >= 0.6 is 11.6 Å². The number of anilines is 2. The van der Waals surface area contributed by atoms with E-state index in [4.69, 9.17) is 32.3 Å². The van der Waals surface area contributed by atoms with Crippen LogP contribution in [0.15, 0.2) is 30.5 Å². The minimum Gasteiger partial charge on any atom is -0.452 e. The molecular weight excluding hydrogens is 308 g/mol. The van der Waals surface area contributed by atoms with Crippen LogP contribution in [-0.2, 0) is 0 Å². The SMILES string of the molecule is Nc1ncc(Oc2ccc(Cl)cc2)c(N(CCO)CCO)n1. The van der Waals surface area contributed by atoms with Crippen LogP contribution in [0, 0.1) is 0 Å². The Morgan fingerprint density at radius 3 is 2.36 bits per heavy atom. The van der Waals surface area contributed by atoms with Crippen molar-refractivity contribution in [1.82, 2.24) is 9.97 Å². The summed E-state index contributed by atoms with van der Waals surface area (Å²) in [6.07, 6.45) is 1.45. The molecule has 0 saturated carbocycles. The lowest BCUT2D eigenvalue weighted by molar-refractivity contribution is 0.280. The van der Waals surface area contributed by atoms with Gasteiger partial charge in [0.1, 0.15) is 5.75 Å². The predicted octanol–water partition coefficient (Wildman–Crippen LogP) is 1.30. The zero-order chi connectivity index (χ0) is 15.9. The van der Waals surface area contributed by atoms with E-state index in [1.807, 2.05) is 0 Å². The number of ether oxygens (including phenoxy) is 1. The number of benzene rings is 1. The van der Waals surface area contributed by atoms with Crippen LogP contribution in [0.5, 0.6) is 11.5 Å². The molecule has 0 unspecified atom stereocenters. The lowest BCUT2D eigenvalue weighted by Crippen LogP contribution is -2.31. The number of nitrogens with zero attached hydrogens (tertiary/aromatic N) is 3. The van der Waals surface area contributed by atoms with E-state index in [0.29, 0.717) is 22.3 Å². The van der Waals surface area contributed by atoms with Gasteiger partial charge in [0.05, 0.1) is 19.4 Å². The summed E-state index contributed by atoms with van der Waals surface area (Å²) < 4.78 is 5.75. The van der Waals surface area contributed by atoms with Crippen molar-refractivity contribution in [2.45, 2.75) is 0 Å². The molecule has 7 nitrogen and oxygen atoms in total. The lowest BCUT2D eigenvalue weighted by Gasteiger charge is -2.23. The van der Waals surface area contributed by atoms with Gasteiger partial charge in [-0.25, -0.2) is 4.98 Å². The topological polar surface area (TPSA) is 105 Å². The number of nitrogen functional groups attached to an aromatic ring is 1. The highest BCUT2D eigenvalue weighted by Gasteiger charge is 2.16. The first-order valence-corrected chi connectivity index (χ1v) is 7.04. The maximum absolute atomic E-state index is 9.15. The van der Waals surface area contributed by atoms with Gasteiger partial charge in [-0.3, -0.25) is 0 Å². The fourth-order valence-corrected chi connectivity index (χ4v) is 1.99. The average molecular weight is 325 g/mol. The van der Waals surface area contributed by atoms with Gasteiger partial charge in [-0.1, -0.05) is 11.6 Å². The number of aliphatic hydroxyl groups excluding tert-OH is 2. The second-order valence-corrected chi connectivity index (χ2v) is 4.84. The average Bonchev–Trinajstić information content (AvgIpc) is 2.51. The third-order valence-corrected chi connectivity index (χ3v) is 3.09. The van der Waals surface area contributed by atoms with Gasteiger partial charge in [-0.2, -0.15) is 4.98 Å². The van der Waals surface area contributed by atoms with Gasteiger partial charge in [-0.15, -0.1) is 0 Å². The maximum atomic E-state index is 9.15. The summed E-state index contributed by atoms with van der Waals surface area (Å²) in [6.45, 7) is 0.385. The van der Waals surface area contributed by atoms with Gasteiger partial charge >= 0.3 is 0 Å². The smallest absolute Gasteiger partial charge is 0.222 e. The van der Waals surface area contributed by atoms with Gasteiger partial charge < -0.3 is 25.6 Å². The first-order valence-electron chi connectivity index (χ1n) is 6.66. The molecule has 1 aromatic carbocycles. The minimum atomic E-state index is -0.0930. The fourth-order valence-electron chi connectivity index (χ4n) is 1.87. The molecule has 0 bridgehead atoms. The van der Waals surface area contributed by atoms with E-state index < -0.39 is 0 Å². The van der Waals surface area contributed by atoms with Crippen molar-refractivity contribution in [3.8, 4) is 11.5 Å². The Balaban J connectivity index is 2.31. The predicted molar refractivity (Wildman–Crippen MR) is 84.4 cm³/mol. The van der Waals surface area contributed by atoms with E-state index in [9.17, 15) is 0 Å². The Morgan fingerprint density at radius 1 is 1.14 bits per heavy atom. The Bertz CT molecular complexity index is 604. The maximum Gasteiger partial charge on any atom is 0.222 e. The minimum absolute atomic E-state index is 0.0827. The Labute approximate surface area is 132 Å². The summed E-state index contributed by atoms with van der Waals surface area (Å²) in [7, 11) is 0. The van der Waals surface area contributed by atoms with E-state index in [0.717, 1.165) is 0 Å². The molecule has 8 heteroatoms. The lowest BCUT2D eigenvalue weighted by atomic mass is 10.3. The Morgan fingerprint density at radius 2 is 1.77 bits per heavy atom. The molecule has 1 aromatic heterocycles. The first kappa shape index (κ1) is 16.3. The molecule has 4 N–H and O–H groups in total. The molecule has 1 heterocycles. The molecule has 118 valence electrons. The van der Waals surface area contributed by atoms with Crippen LogP contribution in [0.25, 0.3) is 0 Å². The number of aromatic nitrogens is 2. The zero-order valence-electron chi connectivity index (χ0n) is 11.8. The summed E-state index contributed by atoms with van der Waals surface area (Å²) in [6, 6.07) is 6.83. The molecule has 0 aliphatic carbocycles. The molecule has 0 amide bonds. The second-order valence-electron chi connectivity index (χ2n) is 4.41. The number of hydrogen-bond donors (Lipinski definition) is 3. The van der Waals surface area contributed by atoms with Gasteiger partial charge in [0.15, 0.2) is 11.6 Å². The van der Waals surface area contributed by atoms with Crippen LogP contribution in [0.1, 0.15) is 0 Å². The van der Waals surface area contributed by atoms with Crippen molar-refractivity contribution in [1.29, 1.82) is 0 Å². The number of rotatable bonds is 7. The second kappa shape index (κ2) is 7.79.